The van der Waals surface area contributed by atoms with Gasteiger partial charge in [0, 0.05) is 5.92 Å². The molecule has 0 bridgehead atoms. The number of halogens is 3. The first kappa shape index (κ1) is 13.6. The molecule has 94 valence electrons. The Kier molecular flexibility index (Phi) is 4.01. The molecule has 0 N–H and O–H groups in total. The minimum atomic E-state index is 0.395. The SMILES string of the molecule is CC1(C)CCC(c2nc(Cl)c(Br)c(Cl)n2)CC1. The van der Waals surface area contributed by atoms with Gasteiger partial charge in [0.2, 0.25) is 0 Å². The molecule has 5 heteroatoms. The van der Waals surface area contributed by atoms with E-state index in [0.29, 0.717) is 26.1 Å². The highest BCUT2D eigenvalue weighted by Crippen LogP contribution is 2.42. The molecule has 1 aliphatic carbocycles. The van der Waals surface area contributed by atoms with E-state index < -0.39 is 0 Å². The van der Waals surface area contributed by atoms with E-state index in [1.807, 2.05) is 0 Å². The van der Waals surface area contributed by atoms with Crippen LogP contribution in [0.25, 0.3) is 0 Å². The molecule has 0 spiro atoms. The minimum absolute atomic E-state index is 0.395. The first-order chi connectivity index (χ1) is 7.89. The van der Waals surface area contributed by atoms with E-state index in [4.69, 9.17) is 23.2 Å². The zero-order valence-corrected chi connectivity index (χ0v) is 13.0. The summed E-state index contributed by atoms with van der Waals surface area (Å²) in [4.78, 5) is 8.66. The zero-order valence-electron chi connectivity index (χ0n) is 9.93. The summed E-state index contributed by atoms with van der Waals surface area (Å²) in [5, 5.41) is 0.815. The summed E-state index contributed by atoms with van der Waals surface area (Å²) in [6.07, 6.45) is 4.63. The first-order valence-corrected chi connectivity index (χ1v) is 7.32. The van der Waals surface area contributed by atoms with Gasteiger partial charge in [-0.15, -0.1) is 0 Å². The van der Waals surface area contributed by atoms with Crippen LogP contribution in [-0.2, 0) is 0 Å². The predicted octanol–water partition coefficient (Wildman–Crippen LogP) is 5.23. The second-order valence-electron chi connectivity index (χ2n) is 5.42. The Labute approximate surface area is 120 Å². The van der Waals surface area contributed by atoms with Crippen molar-refractivity contribution in [1.82, 2.24) is 9.97 Å². The van der Waals surface area contributed by atoms with Crippen LogP contribution in [0.15, 0.2) is 4.47 Å². The van der Waals surface area contributed by atoms with Crippen molar-refractivity contribution >= 4 is 39.1 Å². The van der Waals surface area contributed by atoms with Crippen molar-refractivity contribution in [3.63, 3.8) is 0 Å². The third kappa shape index (κ3) is 3.12. The minimum Gasteiger partial charge on any atom is -0.220 e. The number of rotatable bonds is 1. The lowest BCUT2D eigenvalue weighted by Gasteiger charge is -2.33. The van der Waals surface area contributed by atoms with Crippen molar-refractivity contribution < 1.29 is 0 Å². The van der Waals surface area contributed by atoms with Crippen LogP contribution in [0.3, 0.4) is 0 Å². The number of nitrogens with zero attached hydrogens (tertiary/aromatic N) is 2. The highest BCUT2D eigenvalue weighted by molar-refractivity contribution is 9.10. The molecule has 1 heterocycles. The number of aromatic nitrogens is 2. The first-order valence-electron chi connectivity index (χ1n) is 5.77. The average Bonchev–Trinajstić information content (AvgIpc) is 2.25. The van der Waals surface area contributed by atoms with E-state index in [1.54, 1.807) is 0 Å². The summed E-state index contributed by atoms with van der Waals surface area (Å²) >= 11 is 15.3. The maximum Gasteiger partial charge on any atom is 0.148 e. The van der Waals surface area contributed by atoms with Crippen LogP contribution in [0.4, 0.5) is 0 Å². The third-order valence-electron chi connectivity index (χ3n) is 3.49. The summed E-state index contributed by atoms with van der Waals surface area (Å²) in [5.41, 5.74) is 0.444. The van der Waals surface area contributed by atoms with Crippen molar-refractivity contribution in [1.29, 1.82) is 0 Å². The van der Waals surface area contributed by atoms with Crippen LogP contribution in [0, 0.1) is 5.41 Å². The molecule has 0 aliphatic heterocycles. The molecule has 0 saturated heterocycles. The van der Waals surface area contributed by atoms with E-state index in [1.165, 1.54) is 12.8 Å². The molecule has 2 rings (SSSR count). The quantitative estimate of drug-likeness (QED) is 0.656. The summed E-state index contributed by atoms with van der Waals surface area (Å²) in [6.45, 7) is 4.62. The standard InChI is InChI=1S/C12H15BrCl2N2/c1-12(2)5-3-7(4-6-12)11-16-9(14)8(13)10(15)17-11/h7H,3-6H2,1-2H3. The van der Waals surface area contributed by atoms with Gasteiger partial charge in [-0.1, -0.05) is 37.0 Å². The fourth-order valence-corrected chi connectivity index (χ4v) is 2.83. The van der Waals surface area contributed by atoms with Crippen molar-refractivity contribution in [3.8, 4) is 0 Å². The van der Waals surface area contributed by atoms with Crippen LogP contribution in [-0.4, -0.2) is 9.97 Å². The van der Waals surface area contributed by atoms with E-state index in [0.717, 1.165) is 18.7 Å². The van der Waals surface area contributed by atoms with Crippen molar-refractivity contribution in [2.24, 2.45) is 5.41 Å². The van der Waals surface area contributed by atoms with Gasteiger partial charge in [0.1, 0.15) is 16.1 Å². The van der Waals surface area contributed by atoms with Gasteiger partial charge in [0.15, 0.2) is 0 Å². The molecule has 2 nitrogen and oxygen atoms in total. The molecule has 17 heavy (non-hydrogen) atoms. The topological polar surface area (TPSA) is 25.8 Å². The van der Waals surface area contributed by atoms with E-state index >= 15 is 0 Å². The summed E-state index contributed by atoms with van der Waals surface area (Å²) < 4.78 is 0.584. The van der Waals surface area contributed by atoms with Gasteiger partial charge in [-0.2, -0.15) is 0 Å². The molecule has 0 aromatic carbocycles. The Morgan fingerprint density at radius 3 is 2.06 bits per heavy atom. The Balaban J connectivity index is 2.19. The van der Waals surface area contributed by atoms with Gasteiger partial charge in [-0.05, 0) is 47.0 Å². The van der Waals surface area contributed by atoms with E-state index in [9.17, 15) is 0 Å². The Bertz CT molecular complexity index is 402. The van der Waals surface area contributed by atoms with Crippen LogP contribution >= 0.6 is 39.1 Å². The molecule has 0 radical (unpaired) electrons. The molecule has 1 saturated carbocycles. The molecular formula is C12H15BrCl2N2. The van der Waals surface area contributed by atoms with Crippen molar-refractivity contribution in [2.75, 3.05) is 0 Å². The van der Waals surface area contributed by atoms with Gasteiger partial charge in [-0.25, -0.2) is 9.97 Å². The molecule has 0 atom stereocenters. The van der Waals surface area contributed by atoms with Crippen LogP contribution in [0.5, 0.6) is 0 Å². The third-order valence-corrected chi connectivity index (χ3v) is 5.25. The normalized spacial score (nSPS) is 20.5. The lowest BCUT2D eigenvalue weighted by molar-refractivity contribution is 0.221. The maximum absolute atomic E-state index is 6.01. The monoisotopic (exact) mass is 336 g/mol. The maximum atomic E-state index is 6.01. The lowest BCUT2D eigenvalue weighted by atomic mass is 9.73. The molecule has 0 amide bonds. The Morgan fingerprint density at radius 2 is 1.59 bits per heavy atom. The molecule has 1 aromatic rings. The number of hydrogen-bond acceptors (Lipinski definition) is 2. The molecule has 0 unspecified atom stereocenters. The highest BCUT2D eigenvalue weighted by Gasteiger charge is 2.29. The largest absolute Gasteiger partial charge is 0.220 e. The Morgan fingerprint density at radius 1 is 1.12 bits per heavy atom. The number of hydrogen-bond donors (Lipinski definition) is 0. The second-order valence-corrected chi connectivity index (χ2v) is 6.92. The van der Waals surface area contributed by atoms with Gasteiger partial charge >= 0.3 is 0 Å². The van der Waals surface area contributed by atoms with E-state index in [-0.39, 0.29) is 0 Å². The van der Waals surface area contributed by atoms with Gasteiger partial charge in [0.25, 0.3) is 0 Å². The summed E-state index contributed by atoms with van der Waals surface area (Å²) in [6, 6.07) is 0. The van der Waals surface area contributed by atoms with Crippen LogP contribution in [0.2, 0.25) is 10.3 Å². The molecular weight excluding hydrogens is 323 g/mol. The van der Waals surface area contributed by atoms with E-state index in [2.05, 4.69) is 39.7 Å². The predicted molar refractivity (Wildman–Crippen MR) is 74.7 cm³/mol. The van der Waals surface area contributed by atoms with Gasteiger partial charge in [-0.3, -0.25) is 0 Å². The van der Waals surface area contributed by atoms with Crippen molar-refractivity contribution in [3.05, 3.63) is 20.6 Å². The lowest BCUT2D eigenvalue weighted by Crippen LogP contribution is -2.21. The fourth-order valence-electron chi connectivity index (χ4n) is 2.25. The highest BCUT2D eigenvalue weighted by atomic mass is 79.9. The second kappa shape index (κ2) is 5.02. The smallest absolute Gasteiger partial charge is 0.148 e. The molecule has 1 fully saturated rings. The Hall–Kier alpha value is 0.140. The van der Waals surface area contributed by atoms with Gasteiger partial charge in [0.05, 0.1) is 4.47 Å². The van der Waals surface area contributed by atoms with Crippen LogP contribution in [0.1, 0.15) is 51.3 Å². The van der Waals surface area contributed by atoms with Crippen molar-refractivity contribution in [2.45, 2.75) is 45.4 Å². The molecule has 1 aromatic heterocycles. The molecule has 1 aliphatic rings. The average molecular weight is 338 g/mol. The van der Waals surface area contributed by atoms with Crippen LogP contribution < -0.4 is 0 Å². The summed E-state index contributed by atoms with van der Waals surface area (Å²) in [5.74, 6) is 1.19. The zero-order chi connectivity index (χ0) is 12.6. The van der Waals surface area contributed by atoms with Gasteiger partial charge < -0.3 is 0 Å². The fraction of sp³-hybridized carbons (Fsp3) is 0.667. The summed E-state index contributed by atoms with van der Waals surface area (Å²) in [7, 11) is 0.